The Morgan fingerprint density at radius 1 is 1.88 bits per heavy atom. The Hall–Kier alpha value is -0.240. The van der Waals surface area contributed by atoms with Crippen LogP contribution in [-0.4, -0.2) is 11.7 Å². The van der Waals surface area contributed by atoms with Gasteiger partial charge in [-0.2, -0.15) is 0 Å². The van der Waals surface area contributed by atoms with Crippen LogP contribution >= 0.6 is 12.2 Å². The molecular weight excluding hydrogens is 120 g/mol. The molecule has 0 heterocycles. The van der Waals surface area contributed by atoms with E-state index < -0.39 is 0 Å². The van der Waals surface area contributed by atoms with Crippen molar-refractivity contribution in [2.75, 3.05) is 0 Å². The second-order valence-corrected chi connectivity index (χ2v) is 1.96. The molecule has 45 valence electrons. The van der Waals surface area contributed by atoms with E-state index in [1.54, 1.807) is 5.37 Å². The molecule has 0 fully saturated rings. The summed E-state index contributed by atoms with van der Waals surface area (Å²) in [5.74, 6) is 0.0347. The topological polar surface area (TPSA) is 17.1 Å². The summed E-state index contributed by atoms with van der Waals surface area (Å²) in [4.78, 5) is 9.93. The van der Waals surface area contributed by atoms with Gasteiger partial charge in [0.2, 0.25) is 6.29 Å². The predicted molar refractivity (Wildman–Crippen MR) is 37.7 cm³/mol. The second kappa shape index (κ2) is 4.91. The second-order valence-electron chi connectivity index (χ2n) is 1.63. The maximum absolute atomic E-state index is 9.93. The molecular formula is C6H9OS. The maximum Gasteiger partial charge on any atom is 0.202 e. The van der Waals surface area contributed by atoms with Crippen LogP contribution in [0.15, 0.2) is 0 Å². The summed E-state index contributed by atoms with van der Waals surface area (Å²) in [6.45, 7) is 1.95. The van der Waals surface area contributed by atoms with Gasteiger partial charge < -0.3 is 0 Å². The molecule has 0 saturated heterocycles. The molecule has 0 aliphatic rings. The molecule has 1 radical (unpaired) electrons. The third kappa shape index (κ3) is 2.86. The van der Waals surface area contributed by atoms with Crippen LogP contribution < -0.4 is 0 Å². The molecule has 1 atom stereocenters. The summed E-state index contributed by atoms with van der Waals surface area (Å²) < 4.78 is 0. The number of carbonyl (C=O) groups excluding carboxylic acids is 1. The van der Waals surface area contributed by atoms with Gasteiger partial charge in [-0.3, -0.25) is 4.79 Å². The van der Waals surface area contributed by atoms with Crippen LogP contribution in [0.2, 0.25) is 0 Å². The summed E-state index contributed by atoms with van der Waals surface area (Å²) in [7, 11) is 0. The standard InChI is InChI=1S/C6H9OS/c1-2-6(5-7)3-4-8/h4,6H,2-3H2,1H3. The van der Waals surface area contributed by atoms with Crippen molar-refractivity contribution in [1.82, 2.24) is 0 Å². The smallest absolute Gasteiger partial charge is 0.202 e. The van der Waals surface area contributed by atoms with Crippen molar-refractivity contribution in [3.05, 3.63) is 0 Å². The monoisotopic (exact) mass is 129 g/mol. The Bertz CT molecular complexity index is 80.6. The first-order valence-electron chi connectivity index (χ1n) is 2.66. The van der Waals surface area contributed by atoms with Gasteiger partial charge in [0, 0.05) is 5.92 Å². The van der Waals surface area contributed by atoms with Crippen molar-refractivity contribution in [2.45, 2.75) is 19.8 Å². The van der Waals surface area contributed by atoms with Crippen molar-refractivity contribution < 1.29 is 4.79 Å². The number of thiocarbonyl (C=S) groups is 1. The van der Waals surface area contributed by atoms with Gasteiger partial charge in [-0.1, -0.05) is 19.1 Å². The molecule has 0 aromatic carbocycles. The van der Waals surface area contributed by atoms with E-state index in [-0.39, 0.29) is 5.92 Å². The average Bonchev–Trinajstić information content (AvgIpc) is 1.83. The zero-order chi connectivity index (χ0) is 6.41. The van der Waals surface area contributed by atoms with Crippen LogP contribution in [0.4, 0.5) is 0 Å². The molecule has 0 aromatic rings. The highest BCUT2D eigenvalue weighted by atomic mass is 32.1. The van der Waals surface area contributed by atoms with Gasteiger partial charge >= 0.3 is 0 Å². The molecule has 1 unspecified atom stereocenters. The summed E-state index contributed by atoms with van der Waals surface area (Å²) >= 11 is 4.56. The van der Waals surface area contributed by atoms with Gasteiger partial charge in [0.1, 0.15) is 0 Å². The van der Waals surface area contributed by atoms with Crippen molar-refractivity contribution in [3.8, 4) is 0 Å². The molecule has 0 amide bonds. The number of rotatable bonds is 4. The first-order chi connectivity index (χ1) is 3.85. The molecule has 1 nitrogen and oxygen atoms in total. The highest BCUT2D eigenvalue weighted by Crippen LogP contribution is 2.00. The number of hydrogen-bond donors (Lipinski definition) is 0. The van der Waals surface area contributed by atoms with E-state index in [0.29, 0.717) is 6.42 Å². The molecule has 0 aliphatic carbocycles. The summed E-state index contributed by atoms with van der Waals surface area (Å²) in [5.41, 5.74) is 0. The Morgan fingerprint density at radius 2 is 2.50 bits per heavy atom. The van der Waals surface area contributed by atoms with E-state index in [0.717, 1.165) is 6.42 Å². The maximum atomic E-state index is 9.93. The van der Waals surface area contributed by atoms with E-state index in [4.69, 9.17) is 0 Å². The molecule has 0 aromatic heterocycles. The largest absolute Gasteiger partial charge is 0.291 e. The van der Waals surface area contributed by atoms with E-state index in [9.17, 15) is 4.79 Å². The normalized spacial score (nSPS) is 12.6. The molecule has 8 heavy (non-hydrogen) atoms. The minimum absolute atomic E-state index is 0.0347. The van der Waals surface area contributed by atoms with Crippen LogP contribution in [0.3, 0.4) is 0 Å². The lowest BCUT2D eigenvalue weighted by molar-refractivity contribution is 0.520. The minimum atomic E-state index is 0.0347. The molecule has 2 heteroatoms. The zero-order valence-corrected chi connectivity index (χ0v) is 5.70. The number of hydrogen-bond acceptors (Lipinski definition) is 2. The quantitative estimate of drug-likeness (QED) is 0.535. The molecule has 0 aliphatic heterocycles. The summed E-state index contributed by atoms with van der Waals surface area (Å²) in [5, 5.41) is 1.58. The van der Waals surface area contributed by atoms with Crippen LogP contribution in [0.1, 0.15) is 19.8 Å². The van der Waals surface area contributed by atoms with E-state index in [1.165, 1.54) is 0 Å². The fraction of sp³-hybridized carbons (Fsp3) is 0.667. The van der Waals surface area contributed by atoms with E-state index in [1.807, 2.05) is 13.2 Å². The van der Waals surface area contributed by atoms with Gasteiger partial charge in [-0.15, -0.1) is 0 Å². The Balaban J connectivity index is 3.35. The summed E-state index contributed by atoms with van der Waals surface area (Å²) in [6, 6.07) is 0. The van der Waals surface area contributed by atoms with Gasteiger partial charge in [-0.05, 0) is 18.2 Å². The third-order valence-corrected chi connectivity index (χ3v) is 1.23. The fourth-order valence-corrected chi connectivity index (χ4v) is 0.647. The van der Waals surface area contributed by atoms with Crippen LogP contribution in [0.5, 0.6) is 0 Å². The highest BCUT2D eigenvalue weighted by molar-refractivity contribution is 7.78. The van der Waals surface area contributed by atoms with E-state index >= 15 is 0 Å². The molecule has 0 spiro atoms. The molecule has 0 bridgehead atoms. The minimum Gasteiger partial charge on any atom is -0.291 e. The summed E-state index contributed by atoms with van der Waals surface area (Å²) in [6.07, 6.45) is 3.44. The SMILES string of the molecule is CCC([C]=O)CC=S. The first-order valence-corrected chi connectivity index (χ1v) is 3.13. The van der Waals surface area contributed by atoms with Crippen LogP contribution in [-0.2, 0) is 4.79 Å². The van der Waals surface area contributed by atoms with Crippen molar-refractivity contribution in [1.29, 1.82) is 0 Å². The molecule has 0 rings (SSSR count). The van der Waals surface area contributed by atoms with Crippen LogP contribution in [0, 0.1) is 5.92 Å². The lowest BCUT2D eigenvalue weighted by Gasteiger charge is -1.96. The van der Waals surface area contributed by atoms with Crippen molar-refractivity contribution in [2.24, 2.45) is 5.92 Å². The molecule has 0 N–H and O–H groups in total. The van der Waals surface area contributed by atoms with E-state index in [2.05, 4.69) is 12.2 Å². The average molecular weight is 129 g/mol. The van der Waals surface area contributed by atoms with Gasteiger partial charge in [0.25, 0.3) is 0 Å². The van der Waals surface area contributed by atoms with Gasteiger partial charge in [0.05, 0.1) is 0 Å². The third-order valence-electron chi connectivity index (χ3n) is 1.04. The Morgan fingerprint density at radius 3 is 2.62 bits per heavy atom. The van der Waals surface area contributed by atoms with Gasteiger partial charge in [-0.25, -0.2) is 0 Å². The predicted octanol–water partition coefficient (Wildman–Crippen LogP) is 1.51. The van der Waals surface area contributed by atoms with Crippen LogP contribution in [0.25, 0.3) is 0 Å². The highest BCUT2D eigenvalue weighted by Gasteiger charge is 2.00. The van der Waals surface area contributed by atoms with Gasteiger partial charge in [0.15, 0.2) is 0 Å². The zero-order valence-electron chi connectivity index (χ0n) is 4.89. The lowest BCUT2D eigenvalue weighted by atomic mass is 10.1. The fourth-order valence-electron chi connectivity index (χ4n) is 0.414. The molecule has 0 saturated carbocycles. The Labute approximate surface area is 55.1 Å². The van der Waals surface area contributed by atoms with Crippen molar-refractivity contribution >= 4 is 23.9 Å². The van der Waals surface area contributed by atoms with Crippen molar-refractivity contribution in [3.63, 3.8) is 0 Å². The Kier molecular flexibility index (Phi) is 4.76. The lowest BCUT2D eigenvalue weighted by Crippen LogP contribution is -1.98. The first kappa shape index (κ1) is 7.76.